The quantitative estimate of drug-likeness (QED) is 0.227. The molecular weight excluding hydrogens is 627 g/mol. The van der Waals surface area contributed by atoms with Crippen molar-refractivity contribution in [3.63, 3.8) is 0 Å². The number of benzene rings is 2. The molecule has 0 bridgehead atoms. The van der Waals surface area contributed by atoms with E-state index >= 15 is 4.39 Å². The fourth-order valence-corrected chi connectivity index (χ4v) is 7.26. The summed E-state index contributed by atoms with van der Waals surface area (Å²) in [5.41, 5.74) is 2.90. The number of nitrogens with zero attached hydrogens (tertiary/aromatic N) is 5. The second-order valence-electron chi connectivity index (χ2n) is 13.4. The number of halogens is 2. The predicted octanol–water partition coefficient (Wildman–Crippen LogP) is 6.19. The van der Waals surface area contributed by atoms with E-state index in [9.17, 15) is 4.79 Å². The Hall–Kier alpha value is -4.26. The van der Waals surface area contributed by atoms with Gasteiger partial charge in [-0.15, -0.1) is 0 Å². The van der Waals surface area contributed by atoms with Crippen LogP contribution in [0, 0.1) is 11.2 Å². The molecule has 1 N–H and O–H groups in total. The fraction of sp³-hybridized carbons (Fsp3) is 0.412. The van der Waals surface area contributed by atoms with E-state index in [1.165, 1.54) is 6.07 Å². The number of pyridine rings is 1. The Morgan fingerprint density at radius 3 is 2.64 bits per heavy atom. The van der Waals surface area contributed by atoms with Crippen molar-refractivity contribution in [3.05, 3.63) is 87.1 Å². The Morgan fingerprint density at radius 1 is 1.11 bits per heavy atom. The monoisotopic (exact) mass is 660 g/mol. The van der Waals surface area contributed by atoms with Gasteiger partial charge in [-0.05, 0) is 62.2 Å². The van der Waals surface area contributed by atoms with Crippen molar-refractivity contribution in [1.29, 1.82) is 0 Å². The molecule has 0 amide bonds. The molecule has 2 saturated heterocycles. The van der Waals surface area contributed by atoms with Crippen LogP contribution < -0.4 is 15.2 Å². The Morgan fingerprint density at radius 2 is 1.94 bits per heavy atom. The standard InChI is InChI=1S/C34H34ClFN6O5/c1-33(2)18-44-17-27(33)42-24-14-20(31-39-32(43)47-40-31)13-23(36)29(24)38-28(42)16-41-11-9-19(10-12-41)22-5-4-6-25-30(22)46-34(3,45-25)26-8-7-21(35)15-37-26/h4-8,13-15,19,27H,9-12,16-18H2,1-3H3,(H,39,40,43)/t27-,34-/m1/s1. The van der Waals surface area contributed by atoms with Crippen LogP contribution >= 0.6 is 11.6 Å². The van der Waals surface area contributed by atoms with Crippen molar-refractivity contribution in [3.8, 4) is 22.9 Å². The van der Waals surface area contributed by atoms with Crippen LogP contribution in [0.3, 0.4) is 0 Å². The number of para-hydroxylation sites is 1. The lowest BCUT2D eigenvalue weighted by Gasteiger charge is -2.33. The van der Waals surface area contributed by atoms with Gasteiger partial charge in [-0.1, -0.05) is 42.7 Å². The van der Waals surface area contributed by atoms with Gasteiger partial charge in [0.1, 0.15) is 17.0 Å². The van der Waals surface area contributed by atoms with Crippen molar-refractivity contribution < 1.29 is 23.1 Å². The molecule has 0 aliphatic carbocycles. The molecule has 244 valence electrons. The van der Waals surface area contributed by atoms with Crippen molar-refractivity contribution in [1.82, 2.24) is 29.6 Å². The number of nitrogens with one attached hydrogen (secondary N) is 1. The molecular formula is C34H34ClFN6O5. The summed E-state index contributed by atoms with van der Waals surface area (Å²) in [4.78, 5) is 25.8. The van der Waals surface area contributed by atoms with Crippen molar-refractivity contribution in [2.24, 2.45) is 5.41 Å². The molecule has 0 unspecified atom stereocenters. The van der Waals surface area contributed by atoms with Crippen molar-refractivity contribution >= 4 is 22.6 Å². The van der Waals surface area contributed by atoms with Crippen molar-refractivity contribution in [2.75, 3.05) is 26.3 Å². The third-order valence-electron chi connectivity index (χ3n) is 9.70. The number of fused-ring (bicyclic) bond motifs is 2. The van der Waals surface area contributed by atoms with Crippen LogP contribution in [0.15, 0.2) is 58.0 Å². The lowest BCUT2D eigenvalue weighted by atomic mass is 9.87. The third-order valence-corrected chi connectivity index (χ3v) is 9.92. The van der Waals surface area contributed by atoms with Gasteiger partial charge in [0.25, 0.3) is 5.79 Å². The number of ether oxygens (including phenoxy) is 3. The highest BCUT2D eigenvalue weighted by Crippen LogP contribution is 2.49. The van der Waals surface area contributed by atoms with Gasteiger partial charge >= 0.3 is 5.76 Å². The van der Waals surface area contributed by atoms with Gasteiger partial charge in [0.15, 0.2) is 23.1 Å². The molecule has 13 heteroatoms. The maximum Gasteiger partial charge on any atom is 0.439 e. The summed E-state index contributed by atoms with van der Waals surface area (Å²) in [6.45, 7) is 9.46. The second kappa shape index (κ2) is 11.2. The molecule has 0 spiro atoms. The van der Waals surface area contributed by atoms with E-state index in [1.54, 1.807) is 12.3 Å². The maximum absolute atomic E-state index is 15.6. The highest BCUT2D eigenvalue weighted by molar-refractivity contribution is 6.30. The van der Waals surface area contributed by atoms with Gasteiger partial charge < -0.3 is 18.8 Å². The zero-order chi connectivity index (χ0) is 32.5. The number of H-pyrrole nitrogens is 1. The molecule has 2 aromatic carbocycles. The zero-order valence-corrected chi connectivity index (χ0v) is 27.0. The third kappa shape index (κ3) is 5.28. The van der Waals surface area contributed by atoms with Crippen LogP contribution in [0.25, 0.3) is 22.4 Å². The first-order valence-electron chi connectivity index (χ1n) is 15.8. The Labute approximate surface area is 274 Å². The summed E-state index contributed by atoms with van der Waals surface area (Å²) in [7, 11) is 0. The molecule has 3 aromatic heterocycles. The van der Waals surface area contributed by atoms with Crippen LogP contribution in [-0.4, -0.2) is 55.9 Å². The van der Waals surface area contributed by atoms with Gasteiger partial charge in [0.2, 0.25) is 0 Å². The summed E-state index contributed by atoms with van der Waals surface area (Å²) < 4.78 is 41.1. The van der Waals surface area contributed by atoms with Gasteiger partial charge in [-0.3, -0.25) is 19.4 Å². The van der Waals surface area contributed by atoms with Gasteiger partial charge in [-0.2, -0.15) is 0 Å². The van der Waals surface area contributed by atoms with E-state index in [0.717, 1.165) is 43.1 Å². The highest BCUT2D eigenvalue weighted by Gasteiger charge is 2.43. The van der Waals surface area contributed by atoms with E-state index < -0.39 is 17.4 Å². The second-order valence-corrected chi connectivity index (χ2v) is 13.9. The average molecular weight is 661 g/mol. The number of likely N-dealkylation sites (tertiary alicyclic amines) is 1. The van der Waals surface area contributed by atoms with Gasteiger partial charge in [-0.25, -0.2) is 14.2 Å². The molecule has 0 radical (unpaired) electrons. The number of piperidine rings is 1. The van der Waals surface area contributed by atoms with Gasteiger partial charge in [0, 0.05) is 29.7 Å². The van der Waals surface area contributed by atoms with Crippen LogP contribution in [-0.2, 0) is 17.1 Å². The lowest BCUT2D eigenvalue weighted by Crippen LogP contribution is -2.35. The van der Waals surface area contributed by atoms with E-state index in [1.807, 2.05) is 31.2 Å². The van der Waals surface area contributed by atoms with E-state index in [4.69, 9.17) is 30.8 Å². The highest BCUT2D eigenvalue weighted by atomic mass is 35.5. The van der Waals surface area contributed by atoms with Gasteiger partial charge in [0.05, 0.1) is 36.3 Å². The van der Waals surface area contributed by atoms with Crippen LogP contribution in [0.4, 0.5) is 4.39 Å². The number of aromatic amines is 1. The minimum absolute atomic E-state index is 0.0560. The zero-order valence-electron chi connectivity index (χ0n) is 26.3. The number of rotatable bonds is 6. The summed E-state index contributed by atoms with van der Waals surface area (Å²) in [5, 5.41) is 4.32. The molecule has 2 atom stereocenters. The first-order chi connectivity index (χ1) is 22.6. The van der Waals surface area contributed by atoms with Crippen LogP contribution in [0.5, 0.6) is 11.5 Å². The number of hydrogen-bond donors (Lipinski definition) is 1. The normalized spacial score (nSPS) is 22.8. The molecule has 0 saturated carbocycles. The smallest absolute Gasteiger partial charge is 0.439 e. The van der Waals surface area contributed by atoms with E-state index in [2.05, 4.69) is 49.0 Å². The SMILES string of the molecule is CC1(C)COC[C@H]1n1c(CN2CCC(c3cccc4c3O[C@](C)(c3ccc(Cl)cn3)O4)CC2)nc2c(F)cc(-c3noc(=O)[nH]3)cc21. The summed E-state index contributed by atoms with van der Waals surface area (Å²) in [6.07, 6.45) is 3.41. The number of hydrogen-bond acceptors (Lipinski definition) is 9. The van der Waals surface area contributed by atoms with Crippen LogP contribution in [0.2, 0.25) is 5.02 Å². The maximum atomic E-state index is 15.6. The summed E-state index contributed by atoms with van der Waals surface area (Å²) in [5.74, 6) is 0.448. The Balaban J connectivity index is 1.05. The Kier molecular flexibility index (Phi) is 7.16. The molecule has 8 rings (SSSR count). The molecule has 5 aromatic rings. The minimum Gasteiger partial charge on any atom is -0.443 e. The average Bonchev–Trinajstić information content (AvgIpc) is 3.81. The van der Waals surface area contributed by atoms with Crippen LogP contribution in [0.1, 0.15) is 62.7 Å². The molecule has 47 heavy (non-hydrogen) atoms. The van der Waals surface area contributed by atoms with E-state index in [0.29, 0.717) is 47.3 Å². The number of imidazole rings is 1. The lowest BCUT2D eigenvalue weighted by molar-refractivity contribution is -0.0722. The summed E-state index contributed by atoms with van der Waals surface area (Å²) >= 11 is 6.06. The number of aromatic nitrogens is 5. The molecule has 6 heterocycles. The van der Waals surface area contributed by atoms with Crippen molar-refractivity contribution in [2.45, 2.75) is 57.9 Å². The molecule has 3 aliphatic heterocycles. The van der Waals surface area contributed by atoms with E-state index in [-0.39, 0.29) is 28.7 Å². The Bertz CT molecular complexity index is 2030. The minimum atomic E-state index is -1.04. The largest absolute Gasteiger partial charge is 0.443 e. The first kappa shape index (κ1) is 30.1. The molecule has 11 nitrogen and oxygen atoms in total. The molecule has 2 fully saturated rings. The predicted molar refractivity (Wildman–Crippen MR) is 171 cm³/mol. The first-order valence-corrected chi connectivity index (χ1v) is 16.2. The summed E-state index contributed by atoms with van der Waals surface area (Å²) in [6, 6.07) is 12.7. The topological polar surface area (TPSA) is 121 Å². The molecule has 3 aliphatic rings. The fourth-order valence-electron chi connectivity index (χ4n) is 7.15.